The van der Waals surface area contributed by atoms with Crippen LogP contribution < -0.4 is 0 Å². The first kappa shape index (κ1) is 13.2. The Hall–Kier alpha value is -1.53. The quantitative estimate of drug-likeness (QED) is 0.619. The summed E-state index contributed by atoms with van der Waals surface area (Å²) in [5.41, 5.74) is 3.82. The predicted octanol–water partition coefficient (Wildman–Crippen LogP) is 3.98. The third kappa shape index (κ3) is 1.57. The van der Waals surface area contributed by atoms with Gasteiger partial charge in [-0.05, 0) is 54.7 Å². The average molecular weight is 281 g/mol. The molecule has 0 amide bonds. The molecule has 0 bridgehead atoms. The Morgan fingerprint density at radius 1 is 1.24 bits per heavy atom. The summed E-state index contributed by atoms with van der Waals surface area (Å²) in [4.78, 5) is 12.3. The fraction of sp³-hybridized carbons (Fsp3) is 0.579. The molecule has 4 rings (SSSR count). The van der Waals surface area contributed by atoms with Gasteiger partial charge in [0.15, 0.2) is 0 Å². The molecular formula is C19H21O2. The van der Waals surface area contributed by atoms with E-state index in [2.05, 4.69) is 31.7 Å². The minimum absolute atomic E-state index is 0.0257. The maximum absolute atomic E-state index is 12.3. The van der Waals surface area contributed by atoms with Gasteiger partial charge in [0, 0.05) is 17.3 Å². The number of hydrogen-bond acceptors (Lipinski definition) is 1. The van der Waals surface area contributed by atoms with Crippen molar-refractivity contribution in [3.63, 3.8) is 0 Å². The fourth-order valence-electron chi connectivity index (χ4n) is 5.34. The van der Waals surface area contributed by atoms with Crippen LogP contribution in [0.1, 0.15) is 39.5 Å². The lowest BCUT2D eigenvalue weighted by Crippen LogP contribution is -2.47. The zero-order valence-corrected chi connectivity index (χ0v) is 12.7. The maximum Gasteiger partial charge on any atom is 0.221 e. The van der Waals surface area contributed by atoms with Crippen molar-refractivity contribution in [2.75, 3.05) is 0 Å². The summed E-state index contributed by atoms with van der Waals surface area (Å²) in [5.74, 6) is 1.88. The highest BCUT2D eigenvalue weighted by Crippen LogP contribution is 2.61. The summed E-state index contributed by atoms with van der Waals surface area (Å²) in [5, 5.41) is 11.6. The van der Waals surface area contributed by atoms with Gasteiger partial charge in [-0.15, -0.1) is 0 Å². The van der Waals surface area contributed by atoms with E-state index in [1.165, 1.54) is 0 Å². The Morgan fingerprint density at radius 2 is 2.05 bits per heavy atom. The largest absolute Gasteiger partial charge is 0.299 e. The highest BCUT2D eigenvalue weighted by atomic mass is 16.3. The van der Waals surface area contributed by atoms with Crippen LogP contribution in [0.4, 0.5) is 0 Å². The first-order chi connectivity index (χ1) is 9.95. The van der Waals surface area contributed by atoms with Crippen LogP contribution in [0.3, 0.4) is 0 Å². The van der Waals surface area contributed by atoms with Gasteiger partial charge in [0.25, 0.3) is 0 Å². The summed E-state index contributed by atoms with van der Waals surface area (Å²) in [6.45, 7) is 4.41. The van der Waals surface area contributed by atoms with Gasteiger partial charge in [-0.3, -0.25) is 9.90 Å². The first-order valence-electron chi connectivity index (χ1n) is 8.04. The van der Waals surface area contributed by atoms with E-state index in [1.54, 1.807) is 6.08 Å². The topological polar surface area (TPSA) is 37.0 Å². The Balaban J connectivity index is 1.79. The minimum Gasteiger partial charge on any atom is -0.299 e. The Labute approximate surface area is 125 Å². The standard InChI is InChI=1S/C19H21O2/c1-18-9-7-13(20)11-12(18)3-4-14-15-5-6-17(21)19(15,2)10-8-16(14)18/h3-4,9,11,14-16H,5-6,8,10H2,1-2H3/t14-,15-,16-,18-,19-/m0/s1. The molecule has 0 N–H and O–H groups in total. The zero-order valence-electron chi connectivity index (χ0n) is 12.7. The fourth-order valence-corrected chi connectivity index (χ4v) is 5.34. The summed E-state index contributed by atoms with van der Waals surface area (Å²) >= 11 is 0. The number of carbonyl (C=O) groups excluding carboxylic acids is 1. The molecule has 21 heavy (non-hydrogen) atoms. The lowest BCUT2D eigenvalue weighted by atomic mass is 9.51. The number of Topliss-reactive ketones (excluding diaryl/α,β-unsaturated/α-hetero) is 1. The molecule has 2 fully saturated rings. The highest BCUT2D eigenvalue weighted by molar-refractivity contribution is 5.87. The van der Waals surface area contributed by atoms with Crippen molar-refractivity contribution in [1.82, 2.24) is 0 Å². The first-order valence-corrected chi connectivity index (χ1v) is 8.04. The van der Waals surface area contributed by atoms with Crippen LogP contribution in [0.15, 0.2) is 41.4 Å². The summed E-state index contributed by atoms with van der Waals surface area (Å²) in [6.07, 6.45) is 12.0. The zero-order chi connectivity index (χ0) is 14.8. The molecule has 0 aromatic carbocycles. The SMILES string of the molecule is C[C@]12C=C=C([O])C=C1C=C[C@@H]1[C@@H]2CC[C@]2(C)C(=O)CC[C@@H]12. The molecule has 0 unspecified atom stereocenters. The normalized spacial score (nSPS) is 47.3. The lowest BCUT2D eigenvalue weighted by molar-refractivity contribution is -0.130. The van der Waals surface area contributed by atoms with Gasteiger partial charge in [-0.1, -0.05) is 31.7 Å². The van der Waals surface area contributed by atoms with E-state index in [0.29, 0.717) is 23.5 Å². The molecule has 0 aromatic heterocycles. The van der Waals surface area contributed by atoms with E-state index in [0.717, 1.165) is 31.3 Å². The number of ketones is 1. The van der Waals surface area contributed by atoms with Gasteiger partial charge >= 0.3 is 0 Å². The molecule has 4 aliphatic rings. The molecule has 5 atom stereocenters. The second-order valence-corrected chi connectivity index (χ2v) is 7.60. The number of hydrogen-bond donors (Lipinski definition) is 0. The second-order valence-electron chi connectivity index (χ2n) is 7.60. The van der Waals surface area contributed by atoms with Gasteiger partial charge in [-0.25, -0.2) is 0 Å². The predicted molar refractivity (Wildman–Crippen MR) is 79.7 cm³/mol. The molecule has 0 aromatic rings. The summed E-state index contributed by atoms with van der Waals surface area (Å²) in [7, 11) is 0. The second kappa shape index (κ2) is 4.01. The van der Waals surface area contributed by atoms with Crippen LogP contribution >= 0.6 is 0 Å². The Bertz CT molecular complexity index is 646. The van der Waals surface area contributed by atoms with E-state index in [9.17, 15) is 9.90 Å². The Morgan fingerprint density at radius 3 is 2.86 bits per heavy atom. The van der Waals surface area contributed by atoms with Crippen LogP contribution in [0.5, 0.6) is 0 Å². The molecule has 1 radical (unpaired) electrons. The smallest absolute Gasteiger partial charge is 0.221 e. The van der Waals surface area contributed by atoms with Gasteiger partial charge in [0.1, 0.15) is 5.78 Å². The number of allylic oxidation sites excluding steroid dienone is 4. The van der Waals surface area contributed by atoms with E-state index in [4.69, 9.17) is 0 Å². The minimum atomic E-state index is -0.110. The summed E-state index contributed by atoms with van der Waals surface area (Å²) in [6, 6.07) is 0. The van der Waals surface area contributed by atoms with Gasteiger partial charge < -0.3 is 0 Å². The molecule has 0 spiro atoms. The van der Waals surface area contributed by atoms with Crippen LogP contribution in [-0.4, -0.2) is 5.78 Å². The van der Waals surface area contributed by atoms with E-state index >= 15 is 0 Å². The van der Waals surface area contributed by atoms with Crippen molar-refractivity contribution >= 4 is 5.78 Å². The molecular weight excluding hydrogens is 260 g/mol. The highest BCUT2D eigenvalue weighted by Gasteiger charge is 2.57. The molecule has 0 heterocycles. The van der Waals surface area contributed by atoms with Crippen molar-refractivity contribution in [3.05, 3.63) is 41.4 Å². The molecule has 4 aliphatic carbocycles. The molecule has 2 saturated carbocycles. The van der Waals surface area contributed by atoms with E-state index < -0.39 is 0 Å². The third-order valence-corrected chi connectivity index (χ3v) is 6.73. The van der Waals surface area contributed by atoms with Crippen LogP contribution in [0.25, 0.3) is 0 Å². The maximum atomic E-state index is 12.3. The number of fused-ring (bicyclic) bond motifs is 5. The van der Waals surface area contributed by atoms with Crippen molar-refractivity contribution in [2.24, 2.45) is 28.6 Å². The average Bonchev–Trinajstić information content (AvgIpc) is 2.76. The molecule has 109 valence electrons. The van der Waals surface area contributed by atoms with Crippen molar-refractivity contribution < 1.29 is 9.90 Å². The van der Waals surface area contributed by atoms with Crippen LogP contribution in [0.2, 0.25) is 0 Å². The van der Waals surface area contributed by atoms with E-state index in [1.807, 2.05) is 6.08 Å². The molecule has 0 aliphatic heterocycles. The molecule has 0 saturated heterocycles. The Kier molecular flexibility index (Phi) is 2.52. The van der Waals surface area contributed by atoms with Gasteiger partial charge in [0.2, 0.25) is 5.76 Å². The summed E-state index contributed by atoms with van der Waals surface area (Å²) < 4.78 is 0. The molecule has 2 nitrogen and oxygen atoms in total. The van der Waals surface area contributed by atoms with Gasteiger partial charge in [-0.2, -0.15) is 0 Å². The lowest BCUT2D eigenvalue weighted by Gasteiger charge is -2.52. The van der Waals surface area contributed by atoms with Crippen LogP contribution in [0, 0.1) is 28.6 Å². The van der Waals surface area contributed by atoms with Crippen molar-refractivity contribution in [2.45, 2.75) is 39.5 Å². The third-order valence-electron chi connectivity index (χ3n) is 6.73. The van der Waals surface area contributed by atoms with Crippen LogP contribution in [-0.2, 0) is 9.90 Å². The number of rotatable bonds is 0. The van der Waals surface area contributed by atoms with Crippen molar-refractivity contribution in [3.8, 4) is 0 Å². The van der Waals surface area contributed by atoms with Crippen molar-refractivity contribution in [1.29, 1.82) is 0 Å². The molecule has 2 heteroatoms. The van der Waals surface area contributed by atoms with Gasteiger partial charge in [0.05, 0.1) is 0 Å². The number of carbonyl (C=O) groups is 1. The monoisotopic (exact) mass is 281 g/mol. The van der Waals surface area contributed by atoms with E-state index in [-0.39, 0.29) is 16.6 Å².